The van der Waals surface area contributed by atoms with Crippen LogP contribution in [0.4, 0.5) is 31.1 Å². The van der Waals surface area contributed by atoms with Crippen LogP contribution in [0.15, 0.2) is 22.8 Å². The summed E-state index contributed by atoms with van der Waals surface area (Å²) in [4.78, 5) is 17.6. The van der Waals surface area contributed by atoms with E-state index in [-0.39, 0.29) is 42.1 Å². The summed E-state index contributed by atoms with van der Waals surface area (Å²) in [5, 5.41) is 0.677. The molecule has 2 unspecified atom stereocenters. The van der Waals surface area contributed by atoms with Gasteiger partial charge in [-0.1, -0.05) is 24.6 Å². The third-order valence-electron chi connectivity index (χ3n) is 8.40. The van der Waals surface area contributed by atoms with Gasteiger partial charge < -0.3 is 9.64 Å². The summed E-state index contributed by atoms with van der Waals surface area (Å²) in [5.41, 5.74) is 0.724. The third kappa shape index (κ3) is 6.70. The summed E-state index contributed by atoms with van der Waals surface area (Å²) < 4.78 is 105. The molecule has 4 aliphatic rings. The minimum absolute atomic E-state index is 0.0215. The Balaban J connectivity index is 1.43. The van der Waals surface area contributed by atoms with E-state index in [9.17, 15) is 39.6 Å². The van der Waals surface area contributed by atoms with Crippen molar-refractivity contribution < 1.29 is 44.3 Å². The summed E-state index contributed by atoms with van der Waals surface area (Å²) in [5.74, 6) is 0.111. The number of hydrogen-bond acceptors (Lipinski definition) is 6. The van der Waals surface area contributed by atoms with Gasteiger partial charge >= 0.3 is 18.4 Å². The van der Waals surface area contributed by atoms with Crippen molar-refractivity contribution in [2.24, 2.45) is 5.92 Å². The second kappa shape index (κ2) is 11.1. The molecule has 0 bridgehead atoms. The number of nitrogens with zero attached hydrogens (tertiary/aromatic N) is 3. The first kappa shape index (κ1) is 30.4. The number of ether oxygens (including phenoxy) is 1. The number of allylic oxidation sites excluding steroid dienone is 2. The Kier molecular flexibility index (Phi) is 8.63. The monoisotopic (exact) mass is 607 g/mol. The maximum absolute atomic E-state index is 12.8. The van der Waals surface area contributed by atoms with Crippen molar-refractivity contribution in [2.75, 3.05) is 50.8 Å². The van der Waals surface area contributed by atoms with Crippen molar-refractivity contribution >= 4 is 27.5 Å². The normalized spacial score (nSPS) is 28.5. The number of likely N-dealkylation sites (tertiary alicyclic amines) is 2. The van der Waals surface area contributed by atoms with Crippen molar-refractivity contribution in [2.45, 2.75) is 62.6 Å². The SMILES string of the molecule is CC1C(Cl)=CC=C(CN2CCCC23CCN(C(=O)OC(C(F)(F)F)C(F)(F)F)CC3)C1N1CCS(=O)(=O)CC1. The molecule has 1 spiro atoms. The van der Waals surface area contributed by atoms with Crippen molar-refractivity contribution in [3.05, 3.63) is 22.8 Å². The number of alkyl halides is 6. The standard InChI is InChI=1S/C24H32ClF6N3O4S/c1-16-18(25)4-3-17(19(16)32-11-13-39(36,37)14-12-32)15-34-8-2-5-22(34)6-9-33(10-7-22)21(35)38-20(23(26,27)28)24(29,30)31/h3-4,16,19-20H,2,5-15H2,1H3. The Morgan fingerprint density at radius 3 is 2.18 bits per heavy atom. The number of sulfone groups is 1. The van der Waals surface area contributed by atoms with E-state index in [4.69, 9.17) is 11.6 Å². The molecule has 1 amide bonds. The van der Waals surface area contributed by atoms with Gasteiger partial charge in [0.15, 0.2) is 9.84 Å². The minimum Gasteiger partial charge on any atom is -0.426 e. The zero-order valence-corrected chi connectivity index (χ0v) is 23.0. The predicted octanol–water partition coefficient (Wildman–Crippen LogP) is 4.34. The van der Waals surface area contributed by atoms with Crippen LogP contribution in [0.2, 0.25) is 0 Å². The minimum atomic E-state index is -5.76. The van der Waals surface area contributed by atoms with Gasteiger partial charge in [-0.2, -0.15) is 26.3 Å². The van der Waals surface area contributed by atoms with Gasteiger partial charge in [-0.15, -0.1) is 0 Å². The van der Waals surface area contributed by atoms with Gasteiger partial charge in [0.05, 0.1) is 11.5 Å². The largest absolute Gasteiger partial charge is 0.434 e. The summed E-state index contributed by atoms with van der Waals surface area (Å²) >= 11 is 6.47. The summed E-state index contributed by atoms with van der Waals surface area (Å²) in [7, 11) is -3.07. The summed E-state index contributed by atoms with van der Waals surface area (Å²) in [6.07, 6.45) is -11.1. The van der Waals surface area contributed by atoms with Crippen molar-refractivity contribution in [1.29, 1.82) is 0 Å². The molecule has 3 saturated heterocycles. The third-order valence-corrected chi connectivity index (χ3v) is 10.5. The van der Waals surface area contributed by atoms with Gasteiger partial charge in [-0.25, -0.2) is 13.2 Å². The number of amides is 1. The van der Waals surface area contributed by atoms with Crippen LogP contribution in [0.1, 0.15) is 32.6 Å². The molecule has 7 nitrogen and oxygen atoms in total. The second-order valence-corrected chi connectivity index (χ2v) is 13.5. The van der Waals surface area contributed by atoms with Gasteiger partial charge in [0.1, 0.15) is 0 Å². The Morgan fingerprint density at radius 2 is 1.62 bits per heavy atom. The molecule has 3 heterocycles. The highest BCUT2D eigenvalue weighted by atomic mass is 35.5. The maximum atomic E-state index is 12.8. The van der Waals surface area contributed by atoms with E-state index < -0.39 is 34.4 Å². The van der Waals surface area contributed by atoms with Crippen LogP contribution < -0.4 is 0 Å². The number of rotatable bonds is 4. The van der Waals surface area contributed by atoms with E-state index >= 15 is 0 Å². The van der Waals surface area contributed by atoms with Gasteiger partial charge in [-0.3, -0.25) is 9.80 Å². The van der Waals surface area contributed by atoms with Crippen molar-refractivity contribution in [1.82, 2.24) is 14.7 Å². The van der Waals surface area contributed by atoms with Gasteiger partial charge in [-0.05, 0) is 43.9 Å². The number of carbonyl (C=O) groups is 1. The van der Waals surface area contributed by atoms with Crippen molar-refractivity contribution in [3.63, 3.8) is 0 Å². The molecule has 15 heteroatoms. The molecule has 4 rings (SSSR count). The quantitative estimate of drug-likeness (QED) is 0.443. The number of hydrogen-bond donors (Lipinski definition) is 0. The first-order chi connectivity index (χ1) is 18.0. The molecular formula is C24H32ClF6N3O4S. The molecule has 2 atom stereocenters. The lowest BCUT2D eigenvalue weighted by Crippen LogP contribution is -2.56. The molecule has 1 aliphatic carbocycles. The number of carbonyl (C=O) groups excluding carboxylic acids is 1. The first-order valence-electron chi connectivity index (χ1n) is 12.9. The zero-order valence-electron chi connectivity index (χ0n) is 21.4. The smallest absolute Gasteiger partial charge is 0.426 e. The fraction of sp³-hybridized carbons (Fsp3) is 0.792. The molecule has 0 aromatic rings. The Hall–Kier alpha value is -1.51. The lowest BCUT2D eigenvalue weighted by atomic mass is 9.83. The van der Waals surface area contributed by atoms with E-state index in [1.165, 1.54) is 0 Å². The molecular weight excluding hydrogens is 576 g/mol. The van der Waals surface area contributed by atoms with Crippen LogP contribution >= 0.6 is 11.6 Å². The van der Waals surface area contributed by atoms with Crippen LogP contribution in [0.25, 0.3) is 0 Å². The highest BCUT2D eigenvalue weighted by Crippen LogP contribution is 2.42. The van der Waals surface area contributed by atoms with Crippen LogP contribution in [0.3, 0.4) is 0 Å². The van der Waals surface area contributed by atoms with E-state index in [0.717, 1.165) is 29.9 Å². The Bertz CT molecular complexity index is 1070. The van der Waals surface area contributed by atoms with Gasteiger partial charge in [0.2, 0.25) is 0 Å². The van der Waals surface area contributed by atoms with E-state index in [2.05, 4.69) is 14.5 Å². The molecule has 222 valence electrons. The van der Waals surface area contributed by atoms with Crippen LogP contribution in [-0.4, -0.2) is 110 Å². The van der Waals surface area contributed by atoms with Crippen LogP contribution in [0, 0.1) is 5.92 Å². The first-order valence-corrected chi connectivity index (χ1v) is 15.1. The van der Waals surface area contributed by atoms with Crippen LogP contribution in [0.5, 0.6) is 0 Å². The lowest BCUT2D eigenvalue weighted by molar-refractivity contribution is -0.308. The fourth-order valence-corrected chi connectivity index (χ4v) is 7.65. The number of piperidine rings is 1. The average molecular weight is 608 g/mol. The highest BCUT2D eigenvalue weighted by Gasteiger charge is 2.60. The zero-order chi connectivity index (χ0) is 28.8. The van der Waals surface area contributed by atoms with E-state index in [1.54, 1.807) is 0 Å². The van der Waals surface area contributed by atoms with Crippen molar-refractivity contribution in [3.8, 4) is 0 Å². The highest BCUT2D eigenvalue weighted by molar-refractivity contribution is 7.91. The predicted molar refractivity (Wildman–Crippen MR) is 132 cm³/mol. The number of halogens is 7. The maximum Gasteiger partial charge on any atom is 0.434 e. The molecule has 0 aromatic carbocycles. The molecule has 0 N–H and O–H groups in total. The Morgan fingerprint density at radius 1 is 1.03 bits per heavy atom. The van der Waals surface area contributed by atoms with Gasteiger partial charge in [0.25, 0.3) is 6.10 Å². The van der Waals surface area contributed by atoms with E-state index in [1.807, 2.05) is 19.1 Å². The molecule has 39 heavy (non-hydrogen) atoms. The van der Waals surface area contributed by atoms with Crippen LogP contribution in [-0.2, 0) is 14.6 Å². The topological polar surface area (TPSA) is 70.2 Å². The van der Waals surface area contributed by atoms with E-state index in [0.29, 0.717) is 37.5 Å². The summed E-state index contributed by atoms with van der Waals surface area (Å²) in [6.45, 7) is 4.07. The lowest BCUT2D eigenvalue weighted by Gasteiger charge is -2.47. The average Bonchev–Trinajstić information content (AvgIpc) is 3.20. The Labute approximate surface area is 228 Å². The molecule has 0 aromatic heterocycles. The fourth-order valence-electron chi connectivity index (χ4n) is 6.24. The molecule has 3 fully saturated rings. The van der Waals surface area contributed by atoms with Gasteiger partial charge in [0, 0.05) is 55.3 Å². The molecule has 3 aliphatic heterocycles. The summed E-state index contributed by atoms with van der Waals surface area (Å²) in [6, 6.07) is -0.0904. The second-order valence-electron chi connectivity index (χ2n) is 10.8. The molecule has 0 saturated carbocycles. The molecule has 0 radical (unpaired) electrons.